The monoisotopic (exact) mass is 317 g/mol. The Balaban J connectivity index is 2.80. The number of unbranched alkanes of at least 4 members (excludes halogenated alkanes) is 1. The van der Waals surface area contributed by atoms with Crippen molar-refractivity contribution >= 4 is 27.3 Å². The Bertz CT molecular complexity index is 315. The summed E-state index contributed by atoms with van der Waals surface area (Å²) in [4.78, 5) is 2.85. The lowest BCUT2D eigenvalue weighted by molar-refractivity contribution is 0.343. The van der Waals surface area contributed by atoms with Crippen molar-refractivity contribution in [3.05, 3.63) is 20.3 Å². The van der Waals surface area contributed by atoms with Gasteiger partial charge < -0.3 is 5.32 Å². The smallest absolute Gasteiger partial charge is 0.0441 e. The second-order valence-corrected chi connectivity index (χ2v) is 6.77. The van der Waals surface area contributed by atoms with Crippen molar-refractivity contribution in [3.63, 3.8) is 0 Å². The fourth-order valence-electron chi connectivity index (χ4n) is 2.32. The molecule has 2 atom stereocenters. The Kier molecular flexibility index (Phi) is 6.75. The molecule has 1 aromatic heterocycles. The maximum absolute atomic E-state index is 3.62. The molecule has 0 aliphatic heterocycles. The second kappa shape index (κ2) is 7.55. The van der Waals surface area contributed by atoms with E-state index in [9.17, 15) is 0 Å². The zero-order valence-electron chi connectivity index (χ0n) is 11.3. The van der Waals surface area contributed by atoms with E-state index in [1.807, 2.05) is 11.3 Å². The minimum absolute atomic E-state index is 0.515. The van der Waals surface area contributed by atoms with E-state index in [1.165, 1.54) is 39.9 Å². The third-order valence-corrected chi connectivity index (χ3v) is 5.64. The van der Waals surface area contributed by atoms with Crippen LogP contribution in [0.1, 0.15) is 55.3 Å². The Morgan fingerprint density at radius 3 is 2.53 bits per heavy atom. The van der Waals surface area contributed by atoms with Crippen LogP contribution in [0.2, 0.25) is 0 Å². The van der Waals surface area contributed by atoms with Crippen LogP contribution in [-0.2, 0) is 0 Å². The number of thiophene rings is 1. The molecule has 2 unspecified atom stereocenters. The van der Waals surface area contributed by atoms with Crippen LogP contribution >= 0.6 is 27.3 Å². The summed E-state index contributed by atoms with van der Waals surface area (Å²) in [6.07, 6.45) is 5.20. The van der Waals surface area contributed by atoms with Crippen molar-refractivity contribution in [2.24, 2.45) is 5.92 Å². The van der Waals surface area contributed by atoms with E-state index in [2.05, 4.69) is 55.1 Å². The average molecular weight is 318 g/mol. The number of nitrogens with one attached hydrogen (secondary N) is 1. The van der Waals surface area contributed by atoms with Crippen LogP contribution in [0.5, 0.6) is 0 Å². The van der Waals surface area contributed by atoms with E-state index >= 15 is 0 Å². The topological polar surface area (TPSA) is 12.0 Å². The van der Waals surface area contributed by atoms with E-state index in [1.54, 1.807) is 0 Å². The maximum atomic E-state index is 3.62. The first-order valence-electron chi connectivity index (χ1n) is 6.57. The summed E-state index contributed by atoms with van der Waals surface area (Å²) in [5.74, 6) is 0.755. The van der Waals surface area contributed by atoms with Crippen LogP contribution in [0.3, 0.4) is 0 Å². The molecule has 17 heavy (non-hydrogen) atoms. The largest absolute Gasteiger partial charge is 0.312 e. The predicted molar refractivity (Wildman–Crippen MR) is 81.9 cm³/mol. The van der Waals surface area contributed by atoms with Crippen LogP contribution < -0.4 is 5.32 Å². The van der Waals surface area contributed by atoms with Gasteiger partial charge in [0.2, 0.25) is 0 Å². The van der Waals surface area contributed by atoms with Gasteiger partial charge in [-0.15, -0.1) is 11.3 Å². The molecule has 1 aromatic rings. The number of aryl methyl sites for hydroxylation is 1. The molecule has 1 nitrogen and oxygen atoms in total. The van der Waals surface area contributed by atoms with Gasteiger partial charge in [0.05, 0.1) is 0 Å². The lowest BCUT2D eigenvalue weighted by atomic mass is 9.90. The van der Waals surface area contributed by atoms with E-state index in [0.717, 1.165) is 5.92 Å². The lowest BCUT2D eigenvalue weighted by Crippen LogP contribution is -2.24. The summed E-state index contributed by atoms with van der Waals surface area (Å²) in [6.45, 7) is 6.76. The average Bonchev–Trinajstić information content (AvgIpc) is 2.64. The SMILES string of the molecule is CCCCC(CC)C(NC)c1cc(Br)c(C)s1. The highest BCUT2D eigenvalue weighted by molar-refractivity contribution is 9.10. The maximum Gasteiger partial charge on any atom is 0.0441 e. The van der Waals surface area contributed by atoms with Crippen molar-refractivity contribution < 1.29 is 0 Å². The molecule has 0 amide bonds. The number of rotatable bonds is 7. The van der Waals surface area contributed by atoms with Gasteiger partial charge in [-0.05, 0) is 48.3 Å². The summed E-state index contributed by atoms with van der Waals surface area (Å²) in [6, 6.07) is 2.80. The Labute approximate surface area is 118 Å². The van der Waals surface area contributed by atoms with Crippen LogP contribution in [0.15, 0.2) is 10.5 Å². The molecule has 98 valence electrons. The quantitative estimate of drug-likeness (QED) is 0.720. The summed E-state index contributed by atoms with van der Waals surface area (Å²) in [5.41, 5.74) is 0. The Morgan fingerprint density at radius 2 is 2.12 bits per heavy atom. The van der Waals surface area contributed by atoms with Gasteiger partial charge in [0.25, 0.3) is 0 Å². The standard InChI is InChI=1S/C14H24BrNS/c1-5-7-8-11(6-2)14(16-4)13-9-12(15)10(3)17-13/h9,11,14,16H,5-8H2,1-4H3. The molecule has 0 aromatic carbocycles. The predicted octanol–water partition coefficient (Wildman–Crippen LogP) is 5.30. The van der Waals surface area contributed by atoms with Gasteiger partial charge >= 0.3 is 0 Å². The fraction of sp³-hybridized carbons (Fsp3) is 0.714. The van der Waals surface area contributed by atoms with Gasteiger partial charge in [0.15, 0.2) is 0 Å². The normalized spacial score (nSPS) is 14.9. The van der Waals surface area contributed by atoms with Crippen LogP contribution in [0.4, 0.5) is 0 Å². The zero-order chi connectivity index (χ0) is 12.8. The van der Waals surface area contributed by atoms with E-state index in [-0.39, 0.29) is 0 Å². The molecule has 0 aliphatic carbocycles. The second-order valence-electron chi connectivity index (χ2n) is 4.63. The van der Waals surface area contributed by atoms with Gasteiger partial charge in [-0.2, -0.15) is 0 Å². The highest BCUT2D eigenvalue weighted by Gasteiger charge is 2.21. The number of hydrogen-bond donors (Lipinski definition) is 1. The van der Waals surface area contributed by atoms with Crippen molar-refractivity contribution in [3.8, 4) is 0 Å². The Morgan fingerprint density at radius 1 is 1.41 bits per heavy atom. The third-order valence-electron chi connectivity index (χ3n) is 3.42. The van der Waals surface area contributed by atoms with Crippen LogP contribution in [-0.4, -0.2) is 7.05 Å². The van der Waals surface area contributed by atoms with E-state index in [0.29, 0.717) is 6.04 Å². The first-order valence-corrected chi connectivity index (χ1v) is 8.18. The highest BCUT2D eigenvalue weighted by Crippen LogP contribution is 2.36. The van der Waals surface area contributed by atoms with Crippen LogP contribution in [0.25, 0.3) is 0 Å². The van der Waals surface area contributed by atoms with E-state index < -0.39 is 0 Å². The molecule has 0 radical (unpaired) electrons. The fourth-order valence-corrected chi connectivity index (χ4v) is 4.08. The molecule has 1 rings (SSSR count). The van der Waals surface area contributed by atoms with E-state index in [4.69, 9.17) is 0 Å². The van der Waals surface area contributed by atoms with Gasteiger partial charge in [0.1, 0.15) is 0 Å². The number of hydrogen-bond acceptors (Lipinski definition) is 2. The summed E-state index contributed by atoms with van der Waals surface area (Å²) < 4.78 is 1.25. The Hall–Kier alpha value is 0.140. The van der Waals surface area contributed by atoms with Crippen molar-refractivity contribution in [2.45, 2.75) is 52.5 Å². The van der Waals surface area contributed by atoms with Gasteiger partial charge in [-0.25, -0.2) is 0 Å². The first-order chi connectivity index (χ1) is 8.13. The van der Waals surface area contributed by atoms with Crippen LogP contribution in [0, 0.1) is 12.8 Å². The molecule has 0 saturated carbocycles. The lowest BCUT2D eigenvalue weighted by Gasteiger charge is -2.25. The zero-order valence-corrected chi connectivity index (χ0v) is 13.7. The minimum Gasteiger partial charge on any atom is -0.312 e. The number of halogens is 1. The molecule has 3 heteroatoms. The minimum atomic E-state index is 0.515. The van der Waals surface area contributed by atoms with Gasteiger partial charge in [-0.1, -0.05) is 33.1 Å². The van der Waals surface area contributed by atoms with Gasteiger partial charge in [0, 0.05) is 20.3 Å². The first kappa shape index (κ1) is 15.2. The summed E-state index contributed by atoms with van der Waals surface area (Å²) in [7, 11) is 2.09. The highest BCUT2D eigenvalue weighted by atomic mass is 79.9. The molecular weight excluding hydrogens is 294 g/mol. The molecule has 0 aliphatic rings. The molecule has 0 spiro atoms. The molecule has 1 N–H and O–H groups in total. The summed E-state index contributed by atoms with van der Waals surface area (Å²) >= 11 is 5.53. The molecular formula is C14H24BrNS. The van der Waals surface area contributed by atoms with Crippen molar-refractivity contribution in [1.29, 1.82) is 0 Å². The van der Waals surface area contributed by atoms with Crippen molar-refractivity contribution in [2.75, 3.05) is 7.05 Å². The van der Waals surface area contributed by atoms with Gasteiger partial charge in [-0.3, -0.25) is 0 Å². The molecule has 0 saturated heterocycles. The summed E-state index contributed by atoms with van der Waals surface area (Å²) in [5, 5.41) is 3.51. The van der Waals surface area contributed by atoms with Crippen molar-refractivity contribution in [1.82, 2.24) is 5.32 Å². The molecule has 0 fully saturated rings. The third kappa shape index (κ3) is 4.08. The molecule has 0 bridgehead atoms. The molecule has 1 heterocycles.